The normalized spacial score (nSPS) is 16.5. The fraction of sp³-hybridized carbons (Fsp3) is 0.0870. The summed E-state index contributed by atoms with van der Waals surface area (Å²) in [6, 6.07) is 63.2. The summed E-state index contributed by atoms with van der Waals surface area (Å²) in [6.45, 7) is 7.27. The molecule has 0 bridgehead atoms. The van der Waals surface area contributed by atoms with Gasteiger partial charge in [-0.3, -0.25) is 0 Å². The highest BCUT2D eigenvalue weighted by molar-refractivity contribution is 7.13. The molecule has 2 heteroatoms. The van der Waals surface area contributed by atoms with E-state index in [0.29, 0.717) is 0 Å². The Kier molecular flexibility index (Phi) is 6.47. The van der Waals surface area contributed by atoms with Gasteiger partial charge in [-0.05, 0) is 84.8 Å². The molecule has 1 heterocycles. The Morgan fingerprint density at radius 1 is 0.458 bits per heavy atom. The molecule has 0 saturated heterocycles. The van der Waals surface area contributed by atoms with Crippen LogP contribution in [0.1, 0.15) is 25.0 Å². The van der Waals surface area contributed by atoms with Crippen LogP contribution in [-0.2, 0) is 5.41 Å². The molecule has 7 aromatic rings. The van der Waals surface area contributed by atoms with Crippen molar-refractivity contribution in [3.05, 3.63) is 181 Å². The van der Waals surface area contributed by atoms with Crippen LogP contribution in [0, 0.1) is 0 Å². The Hall–Kier alpha value is -5.44. The number of fused-ring (bicyclic) bond motifs is 6. The third-order valence-corrected chi connectivity index (χ3v) is 15.5. The van der Waals surface area contributed by atoms with Gasteiger partial charge in [0.1, 0.15) is 8.07 Å². The lowest BCUT2D eigenvalue weighted by Gasteiger charge is -2.31. The van der Waals surface area contributed by atoms with Gasteiger partial charge in [-0.2, -0.15) is 0 Å². The average Bonchev–Trinajstić information content (AvgIpc) is 3.55. The standard InChI is InChI=1S/C46H37NSi/c1-46(2)40-21-12-10-19-37(40)38-30-29-35(31-41(38)46)47(34-27-25-33(26-28-34)32-15-6-4-7-16-32)42-22-14-24-44-45(42)39-20-11-13-23-43(39)48(44,3)36-17-8-5-9-18-36/h4-31H,1-3H3. The number of hydrogen-bond acceptors (Lipinski definition) is 1. The van der Waals surface area contributed by atoms with Gasteiger partial charge in [0.15, 0.2) is 0 Å². The highest BCUT2D eigenvalue weighted by Gasteiger charge is 2.44. The first-order chi connectivity index (χ1) is 23.5. The molecular formula is C46H37NSi. The molecular weight excluding hydrogens is 595 g/mol. The molecule has 7 aromatic carbocycles. The molecule has 2 aliphatic rings. The molecule has 1 aliphatic carbocycles. The van der Waals surface area contributed by atoms with E-state index in [1.54, 1.807) is 0 Å². The average molecular weight is 632 g/mol. The maximum Gasteiger partial charge on any atom is 0.147 e. The predicted molar refractivity (Wildman–Crippen MR) is 207 cm³/mol. The maximum absolute atomic E-state index is 2.53. The van der Waals surface area contributed by atoms with E-state index in [4.69, 9.17) is 0 Å². The van der Waals surface area contributed by atoms with Gasteiger partial charge in [-0.1, -0.05) is 160 Å². The van der Waals surface area contributed by atoms with Gasteiger partial charge < -0.3 is 4.90 Å². The molecule has 0 amide bonds. The topological polar surface area (TPSA) is 3.24 Å². The summed E-state index contributed by atoms with van der Waals surface area (Å²) in [4.78, 5) is 2.51. The summed E-state index contributed by atoms with van der Waals surface area (Å²) in [7, 11) is -2.25. The molecule has 0 spiro atoms. The van der Waals surface area contributed by atoms with E-state index < -0.39 is 8.07 Å². The fourth-order valence-corrected chi connectivity index (χ4v) is 12.6. The fourth-order valence-electron chi connectivity index (χ4n) is 8.48. The van der Waals surface area contributed by atoms with Crippen LogP contribution >= 0.6 is 0 Å². The maximum atomic E-state index is 2.53. The number of hydrogen-bond donors (Lipinski definition) is 0. The minimum atomic E-state index is -2.25. The highest BCUT2D eigenvalue weighted by Crippen LogP contribution is 2.51. The second-order valence-corrected chi connectivity index (χ2v) is 17.8. The molecule has 0 fully saturated rings. The first-order valence-corrected chi connectivity index (χ1v) is 19.5. The zero-order valence-electron chi connectivity index (χ0n) is 27.6. The quantitative estimate of drug-likeness (QED) is 0.171. The van der Waals surface area contributed by atoms with Crippen molar-refractivity contribution in [1.29, 1.82) is 0 Å². The molecule has 1 aliphatic heterocycles. The van der Waals surface area contributed by atoms with Crippen LogP contribution in [-0.4, -0.2) is 8.07 Å². The highest BCUT2D eigenvalue weighted by atomic mass is 28.3. The summed E-state index contributed by atoms with van der Waals surface area (Å²) >= 11 is 0. The Morgan fingerprint density at radius 2 is 1.04 bits per heavy atom. The largest absolute Gasteiger partial charge is 0.310 e. The Bertz CT molecular complexity index is 2320. The monoisotopic (exact) mass is 631 g/mol. The lowest BCUT2D eigenvalue weighted by Crippen LogP contribution is -2.62. The molecule has 0 N–H and O–H groups in total. The van der Waals surface area contributed by atoms with Crippen LogP contribution in [0.4, 0.5) is 17.1 Å². The minimum Gasteiger partial charge on any atom is -0.310 e. The second-order valence-electron chi connectivity index (χ2n) is 13.9. The van der Waals surface area contributed by atoms with Gasteiger partial charge in [0.2, 0.25) is 0 Å². The first kappa shape index (κ1) is 28.8. The summed E-state index contributed by atoms with van der Waals surface area (Å²) in [6.07, 6.45) is 0. The van der Waals surface area contributed by atoms with E-state index in [2.05, 4.69) is 195 Å². The number of anilines is 3. The molecule has 0 saturated carbocycles. The van der Waals surface area contributed by atoms with Crippen LogP contribution in [0.25, 0.3) is 33.4 Å². The van der Waals surface area contributed by atoms with Gasteiger partial charge in [0.25, 0.3) is 0 Å². The molecule has 0 aromatic heterocycles. The lowest BCUT2D eigenvalue weighted by atomic mass is 9.82. The summed E-state index contributed by atoms with van der Waals surface area (Å²) in [5.41, 5.74) is 14.1. The predicted octanol–water partition coefficient (Wildman–Crippen LogP) is 10.2. The van der Waals surface area contributed by atoms with E-state index >= 15 is 0 Å². The van der Waals surface area contributed by atoms with E-state index in [0.717, 1.165) is 5.69 Å². The Labute approximate surface area is 284 Å². The van der Waals surface area contributed by atoms with Crippen molar-refractivity contribution < 1.29 is 0 Å². The summed E-state index contributed by atoms with van der Waals surface area (Å²) in [5, 5.41) is 4.42. The van der Waals surface area contributed by atoms with Gasteiger partial charge in [-0.25, -0.2) is 0 Å². The number of rotatable bonds is 5. The molecule has 9 rings (SSSR count). The molecule has 1 unspecified atom stereocenters. The summed E-state index contributed by atoms with van der Waals surface area (Å²) < 4.78 is 0. The van der Waals surface area contributed by atoms with Gasteiger partial charge >= 0.3 is 0 Å². The SMILES string of the molecule is CC1(C)c2ccccc2-c2ccc(N(c3ccc(-c4ccccc4)cc3)c3cccc4c3-c3ccccc3[Si]4(C)c3ccccc3)cc21. The van der Waals surface area contributed by atoms with Crippen LogP contribution in [0.3, 0.4) is 0 Å². The molecule has 1 nitrogen and oxygen atoms in total. The van der Waals surface area contributed by atoms with E-state index in [1.807, 2.05) is 0 Å². The summed E-state index contributed by atoms with van der Waals surface area (Å²) in [5.74, 6) is 0. The molecule has 230 valence electrons. The Balaban J connectivity index is 1.28. The number of nitrogens with zero attached hydrogens (tertiary/aromatic N) is 1. The van der Waals surface area contributed by atoms with Crippen molar-refractivity contribution in [2.24, 2.45) is 0 Å². The number of benzene rings is 7. The van der Waals surface area contributed by atoms with E-state index in [9.17, 15) is 0 Å². The Morgan fingerprint density at radius 3 is 1.81 bits per heavy atom. The third kappa shape index (κ3) is 4.16. The van der Waals surface area contributed by atoms with Gasteiger partial charge in [0, 0.05) is 22.4 Å². The lowest BCUT2D eigenvalue weighted by molar-refractivity contribution is 0.660. The van der Waals surface area contributed by atoms with Crippen molar-refractivity contribution in [3.8, 4) is 33.4 Å². The van der Waals surface area contributed by atoms with Gasteiger partial charge in [-0.15, -0.1) is 0 Å². The zero-order valence-corrected chi connectivity index (χ0v) is 28.6. The van der Waals surface area contributed by atoms with Crippen LogP contribution < -0.4 is 20.5 Å². The zero-order chi connectivity index (χ0) is 32.5. The minimum absolute atomic E-state index is 0.0885. The van der Waals surface area contributed by atoms with Crippen LogP contribution in [0.2, 0.25) is 6.55 Å². The van der Waals surface area contributed by atoms with Crippen LogP contribution in [0.5, 0.6) is 0 Å². The van der Waals surface area contributed by atoms with Crippen molar-refractivity contribution in [3.63, 3.8) is 0 Å². The third-order valence-electron chi connectivity index (χ3n) is 11.0. The second kappa shape index (κ2) is 10.8. The first-order valence-electron chi connectivity index (χ1n) is 17.0. The molecule has 1 atom stereocenters. The molecule has 48 heavy (non-hydrogen) atoms. The smallest absolute Gasteiger partial charge is 0.147 e. The van der Waals surface area contributed by atoms with Crippen molar-refractivity contribution in [2.75, 3.05) is 4.90 Å². The van der Waals surface area contributed by atoms with Gasteiger partial charge in [0.05, 0.1) is 5.69 Å². The van der Waals surface area contributed by atoms with Crippen molar-refractivity contribution >= 4 is 40.7 Å². The molecule has 0 radical (unpaired) electrons. The van der Waals surface area contributed by atoms with Crippen molar-refractivity contribution in [2.45, 2.75) is 25.8 Å². The van der Waals surface area contributed by atoms with E-state index in [1.165, 1.54) is 71.4 Å². The van der Waals surface area contributed by atoms with Crippen LogP contribution in [0.15, 0.2) is 170 Å². The van der Waals surface area contributed by atoms with Crippen molar-refractivity contribution in [1.82, 2.24) is 0 Å². The van der Waals surface area contributed by atoms with E-state index in [-0.39, 0.29) is 5.41 Å².